The Morgan fingerprint density at radius 1 is 1.00 bits per heavy atom. The van der Waals surface area contributed by atoms with E-state index in [2.05, 4.69) is 0 Å². The van der Waals surface area contributed by atoms with Crippen LogP contribution >= 0.6 is 0 Å². The summed E-state index contributed by atoms with van der Waals surface area (Å²) >= 11 is 0. The number of aldehydes is 1. The van der Waals surface area contributed by atoms with Gasteiger partial charge in [-0.1, -0.05) is 18.2 Å². The van der Waals surface area contributed by atoms with Gasteiger partial charge in [0.15, 0.2) is 6.29 Å². The standard InChI is InChI=1S/C9H6O2.C6H12O6/c10-9-6-5-7-3-1-2-4-8(7)11-9;7-1-3(9)5(11)6(12)4(10)2-8/h1-6H;1,3-6,8-12H,2H2. The van der Waals surface area contributed by atoms with Gasteiger partial charge in [0.1, 0.15) is 30.0 Å². The maximum Gasteiger partial charge on any atom is 0.336 e. The zero-order valence-corrected chi connectivity index (χ0v) is 12.0. The first kappa shape index (κ1) is 18.9. The third-order valence-electron chi connectivity index (χ3n) is 2.95. The van der Waals surface area contributed by atoms with Crippen molar-refractivity contribution in [1.82, 2.24) is 0 Å². The van der Waals surface area contributed by atoms with Gasteiger partial charge in [-0.25, -0.2) is 4.79 Å². The van der Waals surface area contributed by atoms with E-state index in [0.29, 0.717) is 5.58 Å². The zero-order valence-electron chi connectivity index (χ0n) is 12.0. The summed E-state index contributed by atoms with van der Waals surface area (Å²) in [6.45, 7) is -0.760. The zero-order chi connectivity index (χ0) is 17.4. The SMILES string of the molecule is O=CC(O)C(O)C(O)C(O)CO.O=c1ccc2ccccc2o1. The van der Waals surface area contributed by atoms with Gasteiger partial charge in [-0.3, -0.25) is 0 Å². The molecule has 0 bridgehead atoms. The van der Waals surface area contributed by atoms with Gasteiger partial charge in [0.25, 0.3) is 0 Å². The molecule has 0 radical (unpaired) electrons. The van der Waals surface area contributed by atoms with Crippen molar-refractivity contribution < 1.29 is 34.7 Å². The van der Waals surface area contributed by atoms with Crippen LogP contribution in [-0.2, 0) is 4.79 Å². The minimum Gasteiger partial charge on any atom is -0.423 e. The minimum absolute atomic E-state index is 0.0258. The Labute approximate surface area is 130 Å². The largest absolute Gasteiger partial charge is 0.423 e. The lowest BCUT2D eigenvalue weighted by molar-refractivity contribution is -0.136. The fourth-order valence-electron chi connectivity index (χ4n) is 1.63. The molecule has 5 N–H and O–H groups in total. The molecule has 0 amide bonds. The number of hydrogen-bond acceptors (Lipinski definition) is 8. The van der Waals surface area contributed by atoms with Crippen LogP contribution in [0.2, 0.25) is 0 Å². The van der Waals surface area contributed by atoms with Crippen LogP contribution in [0.3, 0.4) is 0 Å². The molecule has 1 aromatic heterocycles. The fourth-order valence-corrected chi connectivity index (χ4v) is 1.63. The van der Waals surface area contributed by atoms with Crippen LogP contribution in [0.4, 0.5) is 0 Å². The summed E-state index contributed by atoms with van der Waals surface area (Å²) in [6, 6.07) is 10.6. The lowest BCUT2D eigenvalue weighted by Gasteiger charge is -2.22. The van der Waals surface area contributed by atoms with E-state index in [1.54, 1.807) is 12.1 Å². The van der Waals surface area contributed by atoms with Crippen LogP contribution in [0.1, 0.15) is 0 Å². The smallest absolute Gasteiger partial charge is 0.336 e. The summed E-state index contributed by atoms with van der Waals surface area (Å²) < 4.78 is 4.91. The Hall–Kier alpha value is -2.10. The van der Waals surface area contributed by atoms with Crippen molar-refractivity contribution in [2.45, 2.75) is 24.4 Å². The lowest BCUT2D eigenvalue weighted by atomic mass is 10.0. The van der Waals surface area contributed by atoms with Gasteiger partial charge in [-0.15, -0.1) is 0 Å². The second-order valence-corrected chi connectivity index (χ2v) is 4.65. The van der Waals surface area contributed by atoms with E-state index in [-0.39, 0.29) is 11.9 Å². The van der Waals surface area contributed by atoms with Crippen LogP contribution in [0, 0.1) is 0 Å². The Balaban J connectivity index is 0.000000230. The van der Waals surface area contributed by atoms with Gasteiger partial charge in [-0.05, 0) is 12.1 Å². The lowest BCUT2D eigenvalue weighted by Crippen LogP contribution is -2.46. The second-order valence-electron chi connectivity index (χ2n) is 4.65. The van der Waals surface area contributed by atoms with E-state index in [1.165, 1.54) is 6.07 Å². The summed E-state index contributed by atoms with van der Waals surface area (Å²) in [5.41, 5.74) is 0.337. The first-order chi connectivity index (χ1) is 10.9. The van der Waals surface area contributed by atoms with Gasteiger partial charge in [0.2, 0.25) is 0 Å². The van der Waals surface area contributed by atoms with E-state index >= 15 is 0 Å². The van der Waals surface area contributed by atoms with Crippen molar-refractivity contribution in [3.8, 4) is 0 Å². The monoisotopic (exact) mass is 326 g/mol. The summed E-state index contributed by atoms with van der Waals surface area (Å²) in [5, 5.41) is 44.5. The number of carbonyl (C=O) groups excluding carboxylic acids is 1. The van der Waals surface area contributed by atoms with Crippen molar-refractivity contribution in [1.29, 1.82) is 0 Å². The average Bonchev–Trinajstić information content (AvgIpc) is 2.59. The molecule has 23 heavy (non-hydrogen) atoms. The number of rotatable bonds is 5. The van der Waals surface area contributed by atoms with E-state index in [1.807, 2.05) is 18.2 Å². The third-order valence-corrected chi connectivity index (χ3v) is 2.95. The number of aliphatic hydroxyl groups is 5. The van der Waals surface area contributed by atoms with Gasteiger partial charge in [0.05, 0.1) is 6.61 Å². The number of aliphatic hydroxyl groups excluding tert-OH is 5. The number of benzene rings is 1. The molecule has 0 fully saturated rings. The van der Waals surface area contributed by atoms with Gasteiger partial charge in [0, 0.05) is 11.5 Å². The number of para-hydroxylation sites is 1. The van der Waals surface area contributed by atoms with Crippen molar-refractivity contribution >= 4 is 17.3 Å². The molecule has 0 spiro atoms. The highest BCUT2D eigenvalue weighted by atomic mass is 16.4. The van der Waals surface area contributed by atoms with Crippen LogP contribution in [0.5, 0.6) is 0 Å². The molecule has 4 unspecified atom stereocenters. The molecular formula is C15H18O8. The average molecular weight is 326 g/mol. The van der Waals surface area contributed by atoms with E-state index in [0.717, 1.165) is 5.39 Å². The molecule has 1 heterocycles. The van der Waals surface area contributed by atoms with Crippen molar-refractivity contribution in [2.24, 2.45) is 0 Å². The molecule has 2 rings (SSSR count). The number of fused-ring (bicyclic) bond motifs is 1. The summed E-state index contributed by atoms with van der Waals surface area (Å²) in [7, 11) is 0. The third kappa shape index (κ3) is 5.55. The maximum atomic E-state index is 10.7. The predicted molar refractivity (Wildman–Crippen MR) is 79.7 cm³/mol. The summed E-state index contributed by atoms with van der Waals surface area (Å²) in [4.78, 5) is 20.6. The Morgan fingerprint density at radius 3 is 2.26 bits per heavy atom. The highest BCUT2D eigenvalue weighted by Gasteiger charge is 2.29. The van der Waals surface area contributed by atoms with Crippen molar-refractivity contribution in [2.75, 3.05) is 6.61 Å². The molecular weight excluding hydrogens is 308 g/mol. The van der Waals surface area contributed by atoms with Crippen molar-refractivity contribution in [3.63, 3.8) is 0 Å². The van der Waals surface area contributed by atoms with Gasteiger partial charge in [-0.2, -0.15) is 0 Å². The van der Waals surface area contributed by atoms with Crippen LogP contribution < -0.4 is 5.63 Å². The van der Waals surface area contributed by atoms with Crippen LogP contribution in [0.25, 0.3) is 11.0 Å². The number of carbonyl (C=O) groups is 1. The molecule has 0 aliphatic carbocycles. The molecule has 0 saturated carbocycles. The maximum absolute atomic E-state index is 10.7. The summed E-state index contributed by atoms with van der Waals surface area (Å²) in [5.74, 6) is 0. The highest BCUT2D eigenvalue weighted by molar-refractivity contribution is 5.75. The highest BCUT2D eigenvalue weighted by Crippen LogP contribution is 2.09. The van der Waals surface area contributed by atoms with E-state index < -0.39 is 31.0 Å². The topological polar surface area (TPSA) is 148 Å². The molecule has 4 atom stereocenters. The molecule has 1 aromatic carbocycles. The number of hydrogen-bond donors (Lipinski definition) is 5. The summed E-state index contributed by atoms with van der Waals surface area (Å²) in [6.07, 6.45) is -6.84. The first-order valence-electron chi connectivity index (χ1n) is 6.68. The van der Waals surface area contributed by atoms with Crippen LogP contribution in [-0.4, -0.2) is 62.8 Å². The fraction of sp³-hybridized carbons (Fsp3) is 0.333. The normalized spacial score (nSPS) is 15.9. The van der Waals surface area contributed by atoms with E-state index in [4.69, 9.17) is 29.9 Å². The quantitative estimate of drug-likeness (QED) is 0.326. The molecule has 0 aliphatic rings. The van der Waals surface area contributed by atoms with Crippen molar-refractivity contribution in [3.05, 3.63) is 46.8 Å². The molecule has 126 valence electrons. The van der Waals surface area contributed by atoms with Gasteiger partial charge >= 0.3 is 5.63 Å². The second kappa shape index (κ2) is 9.13. The Morgan fingerprint density at radius 2 is 1.65 bits per heavy atom. The first-order valence-corrected chi connectivity index (χ1v) is 6.68. The van der Waals surface area contributed by atoms with Gasteiger partial charge < -0.3 is 34.7 Å². The Bertz CT molecular complexity index is 668. The molecule has 0 aliphatic heterocycles. The predicted octanol–water partition coefficient (Wildman–Crippen LogP) is -1.59. The Kier molecular flexibility index (Phi) is 7.52. The molecule has 0 saturated heterocycles. The minimum atomic E-state index is -1.79. The molecule has 2 aromatic rings. The van der Waals surface area contributed by atoms with E-state index in [9.17, 15) is 9.59 Å². The molecule has 8 nitrogen and oxygen atoms in total. The van der Waals surface area contributed by atoms with Crippen LogP contribution in [0.15, 0.2) is 45.6 Å². The molecule has 8 heteroatoms.